The monoisotopic (exact) mass is 472 g/mol. The highest BCUT2D eigenvalue weighted by Gasteiger charge is 2.47. The van der Waals surface area contributed by atoms with E-state index in [0.29, 0.717) is 24.7 Å². The molecule has 0 bridgehead atoms. The molecule has 4 fully saturated rings. The van der Waals surface area contributed by atoms with E-state index < -0.39 is 0 Å². The summed E-state index contributed by atoms with van der Waals surface area (Å²) in [6.07, 6.45) is 6.21. The van der Waals surface area contributed by atoms with Gasteiger partial charge in [-0.1, -0.05) is 30.3 Å². The number of carbonyl (C=O) groups excluding carboxylic acids is 2. The van der Waals surface area contributed by atoms with Crippen molar-refractivity contribution >= 4 is 17.3 Å². The normalized spacial score (nSPS) is 25.0. The summed E-state index contributed by atoms with van der Waals surface area (Å²) in [5.74, 6) is 1.98. The minimum atomic E-state index is -0.178. The number of aliphatic hydroxyl groups excluding tert-OH is 1. The quantitative estimate of drug-likeness (QED) is 0.611. The molecule has 2 N–H and O–H groups in total. The van der Waals surface area contributed by atoms with Gasteiger partial charge in [0.1, 0.15) is 0 Å². The molecule has 2 amide bonds. The van der Waals surface area contributed by atoms with Crippen molar-refractivity contribution < 1.29 is 14.7 Å². The van der Waals surface area contributed by atoms with Crippen LogP contribution in [0, 0.1) is 18.8 Å². The Kier molecular flexibility index (Phi) is 5.60. The van der Waals surface area contributed by atoms with Crippen LogP contribution in [0.5, 0.6) is 0 Å². The third-order valence-corrected chi connectivity index (χ3v) is 7.95. The zero-order chi connectivity index (χ0) is 24.1. The summed E-state index contributed by atoms with van der Waals surface area (Å²) in [6.45, 7) is 3.03. The Hall–Kier alpha value is -3.19. The maximum absolute atomic E-state index is 13.1. The van der Waals surface area contributed by atoms with Crippen LogP contribution in [0.1, 0.15) is 59.6 Å². The summed E-state index contributed by atoms with van der Waals surface area (Å²) < 4.78 is 1.88. The molecule has 3 unspecified atom stereocenters. The van der Waals surface area contributed by atoms with E-state index in [0.717, 1.165) is 40.6 Å². The molecule has 182 valence electrons. The summed E-state index contributed by atoms with van der Waals surface area (Å²) in [4.78, 5) is 26.4. The highest BCUT2D eigenvalue weighted by molar-refractivity contribution is 5.98. The average Bonchev–Trinajstić information content (AvgIpc) is 3.80. The summed E-state index contributed by atoms with van der Waals surface area (Å²) in [7, 11) is 0. The highest BCUT2D eigenvalue weighted by Crippen LogP contribution is 2.51. The van der Waals surface area contributed by atoms with E-state index >= 15 is 0 Å². The van der Waals surface area contributed by atoms with Crippen LogP contribution in [0.25, 0.3) is 16.8 Å². The van der Waals surface area contributed by atoms with Gasteiger partial charge in [-0.2, -0.15) is 5.10 Å². The first-order valence-electron chi connectivity index (χ1n) is 12.8. The van der Waals surface area contributed by atoms with Gasteiger partial charge in [0, 0.05) is 24.2 Å². The largest absolute Gasteiger partial charge is 0.393 e. The Morgan fingerprint density at radius 2 is 1.91 bits per heavy atom. The lowest BCUT2D eigenvalue weighted by Crippen LogP contribution is -2.50. The van der Waals surface area contributed by atoms with Crippen LogP contribution >= 0.6 is 0 Å². The van der Waals surface area contributed by atoms with Gasteiger partial charge >= 0.3 is 0 Å². The molecule has 4 aliphatic rings. The fraction of sp³-hybridized carbons (Fsp3) is 0.464. The zero-order valence-electron chi connectivity index (χ0n) is 20.1. The van der Waals surface area contributed by atoms with Gasteiger partial charge in [0.05, 0.1) is 23.9 Å². The molecule has 1 saturated heterocycles. The Bertz CT molecular complexity index is 1280. The van der Waals surface area contributed by atoms with E-state index in [4.69, 9.17) is 10.2 Å². The molecule has 3 heterocycles. The molecule has 3 aromatic rings. The van der Waals surface area contributed by atoms with Crippen molar-refractivity contribution in [1.82, 2.24) is 19.8 Å². The van der Waals surface area contributed by atoms with Gasteiger partial charge < -0.3 is 15.3 Å². The molecular formula is C28H32N4O3. The van der Waals surface area contributed by atoms with Crippen molar-refractivity contribution in [3.63, 3.8) is 0 Å². The minimum Gasteiger partial charge on any atom is -0.393 e. The van der Waals surface area contributed by atoms with Crippen LogP contribution in [0.4, 0.5) is 0 Å². The Balaban J connectivity index is 0.000000278. The first kappa shape index (κ1) is 22.3. The number of piperazine rings is 1. The van der Waals surface area contributed by atoms with E-state index in [1.54, 1.807) is 4.90 Å². The number of hydrogen-bond acceptors (Lipinski definition) is 4. The zero-order valence-corrected chi connectivity index (χ0v) is 20.1. The lowest BCUT2D eigenvalue weighted by atomic mass is 10.0. The lowest BCUT2D eigenvalue weighted by molar-refractivity contribution is -0.123. The second-order valence-electron chi connectivity index (χ2n) is 10.5. The molecule has 35 heavy (non-hydrogen) atoms. The van der Waals surface area contributed by atoms with Crippen LogP contribution in [0.2, 0.25) is 0 Å². The van der Waals surface area contributed by atoms with Gasteiger partial charge in [0.25, 0.3) is 5.91 Å². The van der Waals surface area contributed by atoms with E-state index in [9.17, 15) is 9.59 Å². The van der Waals surface area contributed by atoms with Gasteiger partial charge in [0.15, 0.2) is 5.69 Å². The molecule has 3 saturated carbocycles. The van der Waals surface area contributed by atoms with E-state index in [1.165, 1.54) is 31.2 Å². The van der Waals surface area contributed by atoms with Crippen LogP contribution in [0.3, 0.4) is 0 Å². The van der Waals surface area contributed by atoms with E-state index in [1.807, 2.05) is 29.6 Å². The molecule has 0 radical (unpaired) electrons. The van der Waals surface area contributed by atoms with Gasteiger partial charge in [-0.25, -0.2) is 4.52 Å². The number of pyridine rings is 1. The Labute approximate surface area is 205 Å². The van der Waals surface area contributed by atoms with Crippen LogP contribution < -0.4 is 5.32 Å². The molecule has 0 spiro atoms. The third-order valence-electron chi connectivity index (χ3n) is 7.95. The lowest BCUT2D eigenvalue weighted by Gasteiger charge is -2.26. The first-order chi connectivity index (χ1) is 17.0. The topological polar surface area (TPSA) is 86.9 Å². The number of fused-ring (bicyclic) bond motifs is 2. The second-order valence-corrected chi connectivity index (χ2v) is 10.5. The van der Waals surface area contributed by atoms with Crippen molar-refractivity contribution in [1.29, 1.82) is 0 Å². The summed E-state index contributed by atoms with van der Waals surface area (Å²) in [5.41, 5.74) is 5.65. The number of hydrogen-bond donors (Lipinski definition) is 2. The number of carbonyl (C=O) groups is 2. The van der Waals surface area contributed by atoms with Crippen LogP contribution in [0.15, 0.2) is 42.5 Å². The summed E-state index contributed by atoms with van der Waals surface area (Å²) in [5, 5.41) is 16.5. The molecule has 7 heteroatoms. The number of nitrogens with one attached hydrogen (secondary N) is 1. The molecule has 3 aliphatic carbocycles. The van der Waals surface area contributed by atoms with Crippen molar-refractivity contribution in [3.8, 4) is 11.3 Å². The fourth-order valence-electron chi connectivity index (χ4n) is 5.59. The number of aryl methyl sites for hydroxylation is 1. The average molecular weight is 473 g/mol. The van der Waals surface area contributed by atoms with Gasteiger partial charge in [-0.3, -0.25) is 9.59 Å². The van der Waals surface area contributed by atoms with Gasteiger partial charge in [-0.05, 0) is 74.5 Å². The number of aromatic nitrogens is 2. The van der Waals surface area contributed by atoms with Gasteiger partial charge in [0.2, 0.25) is 5.91 Å². The van der Waals surface area contributed by atoms with Crippen LogP contribution in [-0.2, 0) is 4.79 Å². The van der Waals surface area contributed by atoms with Crippen molar-refractivity contribution in [2.75, 3.05) is 19.6 Å². The first-order valence-corrected chi connectivity index (χ1v) is 12.8. The smallest absolute Gasteiger partial charge is 0.275 e. The maximum atomic E-state index is 13.1. The molecule has 1 aromatic carbocycles. The molecule has 2 aromatic heterocycles. The number of aliphatic hydroxyl groups is 1. The van der Waals surface area contributed by atoms with E-state index in [-0.39, 0.29) is 24.5 Å². The fourth-order valence-corrected chi connectivity index (χ4v) is 5.59. The summed E-state index contributed by atoms with van der Waals surface area (Å²) >= 11 is 0. The number of benzene rings is 1. The van der Waals surface area contributed by atoms with Crippen LogP contribution in [-0.4, -0.2) is 57.2 Å². The minimum absolute atomic E-state index is 0.0880. The molecule has 3 atom stereocenters. The second kappa shape index (κ2) is 8.79. The predicted octanol–water partition coefficient (Wildman–Crippen LogP) is 3.54. The molecular weight excluding hydrogens is 440 g/mol. The molecule has 7 nitrogen and oxygen atoms in total. The number of amides is 2. The van der Waals surface area contributed by atoms with Gasteiger partial charge in [-0.15, -0.1) is 0 Å². The number of nitrogens with zero attached hydrogens (tertiary/aromatic N) is 3. The van der Waals surface area contributed by atoms with Crippen molar-refractivity contribution in [2.45, 2.75) is 51.0 Å². The molecule has 7 rings (SSSR count). The van der Waals surface area contributed by atoms with Crippen molar-refractivity contribution in [2.24, 2.45) is 11.8 Å². The highest BCUT2D eigenvalue weighted by atomic mass is 16.3. The van der Waals surface area contributed by atoms with E-state index in [2.05, 4.69) is 29.6 Å². The maximum Gasteiger partial charge on any atom is 0.275 e. The predicted molar refractivity (Wildman–Crippen MR) is 133 cm³/mol. The number of rotatable bonds is 3. The SMILES string of the molecule is Cc1c(C(=O)N2CCNC(=O)C2)nn2c(-c3ccccc3)cc(C3CC3)cc12.OC1CCC2CC12. The Morgan fingerprint density at radius 3 is 2.51 bits per heavy atom. The van der Waals surface area contributed by atoms with Crippen molar-refractivity contribution in [3.05, 3.63) is 59.3 Å². The summed E-state index contributed by atoms with van der Waals surface area (Å²) in [6, 6.07) is 14.5. The third kappa shape index (κ3) is 4.33. The standard InChI is InChI=1S/C22H22N4O2.C6H10O/c1-14-18-11-17(15-7-8-15)12-19(16-5-3-2-4-6-16)26(18)24-21(14)22(28)25-10-9-23-20(27)13-25;7-6-2-1-4-3-5(4)6/h2-6,11-12,15H,7-10,13H2,1H3,(H,23,27);4-7H,1-3H2. The molecule has 1 aliphatic heterocycles. The Morgan fingerprint density at radius 1 is 1.11 bits per heavy atom.